The second-order valence-corrected chi connectivity index (χ2v) is 5.52. The van der Waals surface area contributed by atoms with Crippen molar-refractivity contribution in [1.82, 2.24) is 25.5 Å². The normalized spacial score (nSPS) is 21.0. The summed E-state index contributed by atoms with van der Waals surface area (Å²) in [5.41, 5.74) is 1.52. The van der Waals surface area contributed by atoms with Crippen LogP contribution in [0.15, 0.2) is 18.5 Å². The first kappa shape index (κ1) is 14.6. The molecule has 1 saturated heterocycles. The van der Waals surface area contributed by atoms with Gasteiger partial charge in [0.2, 0.25) is 0 Å². The quantitative estimate of drug-likeness (QED) is 0.888. The molecule has 2 atom stereocenters. The van der Waals surface area contributed by atoms with Gasteiger partial charge in [0, 0.05) is 31.5 Å². The molecule has 7 nitrogen and oxygen atoms in total. The van der Waals surface area contributed by atoms with Gasteiger partial charge in [-0.15, -0.1) is 0 Å². The molecule has 0 saturated carbocycles. The van der Waals surface area contributed by atoms with Crippen LogP contribution in [-0.2, 0) is 4.74 Å². The molecule has 2 N–H and O–H groups in total. The second-order valence-electron chi connectivity index (χ2n) is 5.52. The van der Waals surface area contributed by atoms with Gasteiger partial charge in [0.15, 0.2) is 5.82 Å². The molecule has 2 aromatic heterocycles. The van der Waals surface area contributed by atoms with Crippen LogP contribution in [0.4, 0.5) is 0 Å². The molecule has 0 aliphatic carbocycles. The molecule has 0 unspecified atom stereocenters. The first-order chi connectivity index (χ1) is 10.6. The van der Waals surface area contributed by atoms with Crippen molar-refractivity contribution in [2.75, 3.05) is 13.2 Å². The number of hydrogen-bond acceptors (Lipinski definition) is 5. The van der Waals surface area contributed by atoms with Crippen LogP contribution in [-0.4, -0.2) is 39.2 Å². The van der Waals surface area contributed by atoms with Gasteiger partial charge in [0.25, 0.3) is 5.91 Å². The van der Waals surface area contributed by atoms with E-state index in [1.807, 2.05) is 19.9 Å². The molecule has 3 rings (SSSR count). The van der Waals surface area contributed by atoms with Crippen molar-refractivity contribution in [3.63, 3.8) is 0 Å². The molecule has 0 spiro atoms. The van der Waals surface area contributed by atoms with E-state index in [2.05, 4.69) is 25.5 Å². The summed E-state index contributed by atoms with van der Waals surface area (Å²) in [7, 11) is 0. The van der Waals surface area contributed by atoms with E-state index in [1.54, 1.807) is 12.4 Å². The maximum Gasteiger partial charge on any atom is 0.253 e. The number of hydrogen-bond donors (Lipinski definition) is 2. The van der Waals surface area contributed by atoms with Gasteiger partial charge in [0.05, 0.1) is 5.56 Å². The fourth-order valence-electron chi connectivity index (χ4n) is 2.64. The largest absolute Gasteiger partial charge is 0.370 e. The van der Waals surface area contributed by atoms with Crippen molar-refractivity contribution < 1.29 is 9.53 Å². The molecule has 1 aliphatic heterocycles. The Morgan fingerprint density at radius 3 is 3.09 bits per heavy atom. The molecule has 1 fully saturated rings. The average molecular weight is 301 g/mol. The lowest BCUT2D eigenvalue weighted by Crippen LogP contribution is -2.31. The van der Waals surface area contributed by atoms with Crippen LogP contribution in [0.3, 0.4) is 0 Å². The Kier molecular flexibility index (Phi) is 4.15. The number of nitrogens with zero attached hydrogens (tertiary/aromatic N) is 3. The van der Waals surface area contributed by atoms with Crippen LogP contribution in [0.1, 0.15) is 40.1 Å². The number of ether oxygens (including phenoxy) is 1. The first-order valence-corrected chi connectivity index (χ1v) is 7.34. The SMILES string of the molecule is Cc1nc([C@H]2OCC[C@H]2CNC(=O)c2cnccc2C)n[nH]1. The zero-order valence-corrected chi connectivity index (χ0v) is 12.7. The summed E-state index contributed by atoms with van der Waals surface area (Å²) in [4.78, 5) is 20.6. The van der Waals surface area contributed by atoms with Crippen LogP contribution in [0.25, 0.3) is 0 Å². The number of H-pyrrole nitrogens is 1. The Morgan fingerprint density at radius 1 is 1.50 bits per heavy atom. The standard InChI is InChI=1S/C15H19N5O2/c1-9-3-5-16-8-12(9)15(21)17-7-11-4-6-22-13(11)14-18-10(2)19-20-14/h3,5,8,11,13H,4,6-7H2,1-2H3,(H,17,21)(H,18,19,20)/t11-,13-/m0/s1. The van der Waals surface area contributed by atoms with E-state index in [1.165, 1.54) is 0 Å². The van der Waals surface area contributed by atoms with E-state index in [9.17, 15) is 4.79 Å². The van der Waals surface area contributed by atoms with Crippen LogP contribution >= 0.6 is 0 Å². The molecule has 7 heteroatoms. The van der Waals surface area contributed by atoms with Gasteiger partial charge >= 0.3 is 0 Å². The van der Waals surface area contributed by atoms with Gasteiger partial charge in [-0.2, -0.15) is 5.10 Å². The predicted molar refractivity (Wildman–Crippen MR) is 79.2 cm³/mol. The summed E-state index contributed by atoms with van der Waals surface area (Å²) in [6.45, 7) is 4.94. The molecule has 0 bridgehead atoms. The Hall–Kier alpha value is -2.28. The number of carbonyl (C=O) groups excluding carboxylic acids is 1. The van der Waals surface area contributed by atoms with Crippen LogP contribution < -0.4 is 5.32 Å². The van der Waals surface area contributed by atoms with E-state index >= 15 is 0 Å². The molecule has 1 amide bonds. The molecular weight excluding hydrogens is 282 g/mol. The lowest BCUT2D eigenvalue weighted by molar-refractivity contribution is 0.0798. The van der Waals surface area contributed by atoms with E-state index < -0.39 is 0 Å². The van der Waals surface area contributed by atoms with E-state index in [-0.39, 0.29) is 17.9 Å². The molecule has 0 radical (unpaired) electrons. The minimum absolute atomic E-state index is 0.109. The number of pyridine rings is 1. The number of rotatable bonds is 4. The molecule has 116 valence electrons. The summed E-state index contributed by atoms with van der Waals surface area (Å²) in [5, 5.41) is 9.95. The first-order valence-electron chi connectivity index (χ1n) is 7.34. The topological polar surface area (TPSA) is 92.8 Å². The fourth-order valence-corrected chi connectivity index (χ4v) is 2.64. The molecule has 1 aliphatic rings. The lowest BCUT2D eigenvalue weighted by Gasteiger charge is -2.16. The number of aromatic amines is 1. The van der Waals surface area contributed by atoms with Crippen LogP contribution in [0.5, 0.6) is 0 Å². The van der Waals surface area contributed by atoms with E-state index in [4.69, 9.17) is 4.74 Å². The summed E-state index contributed by atoms with van der Waals surface area (Å²) in [6.07, 6.45) is 3.98. The van der Waals surface area contributed by atoms with Crippen molar-refractivity contribution in [3.05, 3.63) is 41.2 Å². The second kappa shape index (κ2) is 6.23. The Labute approximate surface area is 128 Å². The minimum atomic E-state index is -0.166. The van der Waals surface area contributed by atoms with Gasteiger partial charge in [-0.25, -0.2) is 4.98 Å². The van der Waals surface area contributed by atoms with Gasteiger partial charge in [-0.05, 0) is 31.9 Å². The van der Waals surface area contributed by atoms with E-state index in [0.29, 0.717) is 24.5 Å². The fraction of sp³-hybridized carbons (Fsp3) is 0.467. The van der Waals surface area contributed by atoms with Gasteiger partial charge < -0.3 is 10.1 Å². The third-order valence-electron chi connectivity index (χ3n) is 3.89. The summed E-state index contributed by atoms with van der Waals surface area (Å²) < 4.78 is 5.72. The van der Waals surface area contributed by atoms with Crippen molar-refractivity contribution >= 4 is 5.91 Å². The molecule has 3 heterocycles. The molecule has 2 aromatic rings. The van der Waals surface area contributed by atoms with Crippen LogP contribution in [0.2, 0.25) is 0 Å². The third kappa shape index (κ3) is 2.99. The highest BCUT2D eigenvalue weighted by Crippen LogP contribution is 2.32. The maximum atomic E-state index is 12.2. The molecule has 22 heavy (non-hydrogen) atoms. The smallest absolute Gasteiger partial charge is 0.253 e. The highest BCUT2D eigenvalue weighted by molar-refractivity contribution is 5.95. The summed E-state index contributed by atoms with van der Waals surface area (Å²) >= 11 is 0. The van der Waals surface area contributed by atoms with E-state index in [0.717, 1.165) is 17.8 Å². The Morgan fingerprint density at radius 2 is 2.36 bits per heavy atom. The number of aromatic nitrogens is 4. The number of aryl methyl sites for hydroxylation is 2. The molecule has 0 aromatic carbocycles. The van der Waals surface area contributed by atoms with Crippen molar-refractivity contribution in [1.29, 1.82) is 0 Å². The van der Waals surface area contributed by atoms with Crippen molar-refractivity contribution in [2.45, 2.75) is 26.4 Å². The lowest BCUT2D eigenvalue weighted by atomic mass is 10.0. The van der Waals surface area contributed by atoms with Crippen LogP contribution in [0, 0.1) is 19.8 Å². The van der Waals surface area contributed by atoms with Crippen molar-refractivity contribution in [2.24, 2.45) is 5.92 Å². The Bertz CT molecular complexity index is 669. The number of nitrogens with one attached hydrogen (secondary N) is 2. The van der Waals surface area contributed by atoms with Gasteiger partial charge in [-0.1, -0.05) is 0 Å². The summed E-state index contributed by atoms with van der Waals surface area (Å²) in [6, 6.07) is 1.83. The van der Waals surface area contributed by atoms with Crippen molar-refractivity contribution in [3.8, 4) is 0 Å². The highest BCUT2D eigenvalue weighted by Gasteiger charge is 2.32. The average Bonchev–Trinajstić information content (AvgIpc) is 3.13. The highest BCUT2D eigenvalue weighted by atomic mass is 16.5. The number of carbonyl (C=O) groups is 1. The Balaban J connectivity index is 1.63. The number of amides is 1. The van der Waals surface area contributed by atoms with Gasteiger partial charge in [0.1, 0.15) is 11.9 Å². The third-order valence-corrected chi connectivity index (χ3v) is 3.89. The summed E-state index contributed by atoms with van der Waals surface area (Å²) in [5.74, 6) is 1.49. The predicted octanol–water partition coefficient (Wildman–Crippen LogP) is 1.32. The minimum Gasteiger partial charge on any atom is -0.370 e. The zero-order valence-electron chi connectivity index (χ0n) is 12.7. The van der Waals surface area contributed by atoms with Gasteiger partial charge in [-0.3, -0.25) is 14.9 Å². The maximum absolute atomic E-state index is 12.2. The molecular formula is C15H19N5O2. The zero-order chi connectivity index (χ0) is 15.5. The monoisotopic (exact) mass is 301 g/mol.